The molecule has 0 saturated heterocycles. The van der Waals surface area contributed by atoms with E-state index in [1.54, 1.807) is 52.3 Å². The summed E-state index contributed by atoms with van der Waals surface area (Å²) in [5.41, 5.74) is 13.2. The van der Waals surface area contributed by atoms with Gasteiger partial charge in [-0.15, -0.1) is 0 Å². The van der Waals surface area contributed by atoms with Crippen molar-refractivity contribution in [3.05, 3.63) is 79.4 Å². The van der Waals surface area contributed by atoms with Crippen molar-refractivity contribution in [2.24, 2.45) is 0 Å². The fourth-order valence-corrected chi connectivity index (χ4v) is 5.57. The van der Waals surface area contributed by atoms with Crippen LogP contribution in [0.1, 0.15) is 43.3 Å². The summed E-state index contributed by atoms with van der Waals surface area (Å²) in [6, 6.07) is 7.08. The molecular formula is C34H46FKN12O11S2. The van der Waals surface area contributed by atoms with Crippen LogP contribution in [0.4, 0.5) is 34.6 Å². The van der Waals surface area contributed by atoms with Crippen LogP contribution in [-0.4, -0.2) is 111 Å². The van der Waals surface area contributed by atoms with Gasteiger partial charge in [0.2, 0.25) is 33.1 Å². The normalized spacial score (nSPS) is 10.2. The molecule has 0 bridgehead atoms. The number of hydrogen-bond donors (Lipinski definition) is 3. The minimum atomic E-state index is -3.92. The number of aliphatic hydroxyl groups excluding tert-OH is 1. The zero-order valence-corrected chi connectivity index (χ0v) is 39.5. The molecule has 5 N–H and O–H groups in total. The Hall–Kier alpha value is -4.77. The molecule has 4 aromatic heterocycles. The maximum Gasteiger partial charge on any atom is 1.00 e. The van der Waals surface area contributed by atoms with Crippen LogP contribution < -0.4 is 77.4 Å². The third-order valence-electron chi connectivity index (χ3n) is 7.17. The third kappa shape index (κ3) is 18.0. The van der Waals surface area contributed by atoms with Gasteiger partial charge in [0.15, 0.2) is 5.16 Å². The molecule has 4 heterocycles. The number of esters is 2. The number of nitrogens with two attached hydrogens (primary N) is 2. The molecule has 0 aromatic carbocycles. The molecule has 0 aliphatic rings. The van der Waals surface area contributed by atoms with Crippen molar-refractivity contribution in [3.63, 3.8) is 0 Å². The number of aromatic nitrogens is 6. The van der Waals surface area contributed by atoms with Crippen LogP contribution in [0.15, 0.2) is 47.0 Å². The smallest absolute Gasteiger partial charge is 1.00 e. The molecule has 4 aromatic rings. The summed E-state index contributed by atoms with van der Waals surface area (Å²) >= 11 is 1.19. The number of halogens is 1. The Morgan fingerprint density at radius 1 is 0.787 bits per heavy atom. The molecule has 0 atom stereocenters. The van der Waals surface area contributed by atoms with Gasteiger partial charge in [-0.3, -0.25) is 39.8 Å². The fourth-order valence-electron chi connectivity index (χ4n) is 4.69. The van der Waals surface area contributed by atoms with Crippen LogP contribution in [0.5, 0.6) is 0 Å². The van der Waals surface area contributed by atoms with E-state index in [9.17, 15) is 38.2 Å². The molecule has 0 amide bonds. The van der Waals surface area contributed by atoms with Crippen molar-refractivity contribution in [2.75, 3.05) is 66.7 Å². The monoisotopic (exact) mass is 920 g/mol. The number of pyridine rings is 2. The first-order valence-electron chi connectivity index (χ1n) is 17.4. The van der Waals surface area contributed by atoms with Crippen molar-refractivity contribution < 1.29 is 98.5 Å². The van der Waals surface area contributed by atoms with Crippen LogP contribution in [0.25, 0.3) is 0 Å². The molecule has 0 fully saturated rings. The maximum atomic E-state index is 12.1. The number of sulfone groups is 1. The van der Waals surface area contributed by atoms with Crippen LogP contribution in [0.3, 0.4) is 0 Å². The van der Waals surface area contributed by atoms with E-state index < -0.39 is 66.3 Å². The number of carbonyl (C=O) groups excluding carboxylic acids is 2. The van der Waals surface area contributed by atoms with Crippen molar-refractivity contribution >= 4 is 68.2 Å². The van der Waals surface area contributed by atoms with Gasteiger partial charge >= 0.3 is 74.7 Å². The number of nitro groups is 2. The van der Waals surface area contributed by atoms with Gasteiger partial charge in [-0.05, 0) is 64.1 Å². The van der Waals surface area contributed by atoms with E-state index >= 15 is 0 Å². The van der Waals surface area contributed by atoms with Crippen molar-refractivity contribution in [1.82, 2.24) is 29.9 Å². The predicted molar refractivity (Wildman–Crippen MR) is 217 cm³/mol. The van der Waals surface area contributed by atoms with E-state index in [4.69, 9.17) is 26.0 Å². The standard InChI is InChI=1S/C16H20N6O6S.C16H20N6O4S.C2H6O.FH.K/c1-4-28-12(23)9-21(8-11-6-5-10(2)18-7-11)15-13(22(24)25)14(17)19-16(20-15)29(3,26)27;1-4-26-12(23)9-21(8-11-6-5-10(2)18-7-11)15-13(22(24)25)14(17)19-16(20-15)27-3;1-2-3;;/h5-7H,4,8-9H2,1-3H3,(H2,17,19,20);5-7H,4,8-9H2,1-3H3,(H2,17,19,20);3H,2H2,1H3;1H;/q;;;;+1/p-1. The molecule has 0 unspecified atom stereocenters. The molecule has 0 spiro atoms. The Balaban J connectivity index is 0.00000108. The second-order valence-electron chi connectivity index (χ2n) is 11.9. The van der Waals surface area contributed by atoms with Crippen LogP contribution in [-0.2, 0) is 42.0 Å². The molecular weight excluding hydrogens is 875 g/mol. The number of anilines is 4. The largest absolute Gasteiger partial charge is 1.00 e. The summed E-state index contributed by atoms with van der Waals surface area (Å²) in [6.45, 7) is 8.63. The van der Waals surface area contributed by atoms with E-state index in [2.05, 4.69) is 29.9 Å². The number of carbonyl (C=O) groups is 2. The van der Waals surface area contributed by atoms with Gasteiger partial charge in [-0.1, -0.05) is 23.9 Å². The van der Waals surface area contributed by atoms with Crippen molar-refractivity contribution in [3.8, 4) is 0 Å². The molecule has 328 valence electrons. The zero-order chi connectivity index (χ0) is 44.4. The maximum absolute atomic E-state index is 12.1. The number of hydrogen-bond acceptors (Lipinski definition) is 22. The summed E-state index contributed by atoms with van der Waals surface area (Å²) in [6.07, 6.45) is 5.74. The van der Waals surface area contributed by atoms with Gasteiger partial charge < -0.3 is 40.6 Å². The Kier molecular flexibility index (Phi) is 25.1. The molecule has 27 heteroatoms. The topological polar surface area (TPSA) is 329 Å². The van der Waals surface area contributed by atoms with Crippen LogP contribution in [0, 0.1) is 34.1 Å². The Morgan fingerprint density at radius 3 is 1.51 bits per heavy atom. The number of rotatable bonds is 16. The molecule has 0 saturated carbocycles. The summed E-state index contributed by atoms with van der Waals surface area (Å²) in [5, 5.41) is 30.2. The van der Waals surface area contributed by atoms with Gasteiger partial charge in [0, 0.05) is 49.7 Å². The number of nitrogens with zero attached hydrogens (tertiary/aromatic N) is 10. The first kappa shape index (κ1) is 56.2. The second kappa shape index (κ2) is 27.2. The number of ether oxygens (including phenoxy) is 2. The SMILES string of the molecule is CCO.CCOC(=O)CN(Cc1ccc(C)nc1)c1nc(S(C)(=O)=O)nc(N)c1[N+](=O)[O-].CCOC(=O)CN(Cc1ccc(C)nc1)c1nc(SC)nc(N)c1[N+](=O)[O-].[F-].[K+]. The van der Waals surface area contributed by atoms with E-state index in [1.165, 1.54) is 27.8 Å². The van der Waals surface area contributed by atoms with E-state index in [0.29, 0.717) is 5.56 Å². The fraction of sp³-hybridized carbons (Fsp3) is 0.412. The van der Waals surface area contributed by atoms with Gasteiger partial charge in [-0.2, -0.15) is 19.9 Å². The number of thioether (sulfide) groups is 1. The predicted octanol–water partition coefficient (Wildman–Crippen LogP) is -3.39. The average Bonchev–Trinajstić information content (AvgIpc) is 3.15. The average molecular weight is 921 g/mol. The van der Waals surface area contributed by atoms with Crippen LogP contribution >= 0.6 is 11.8 Å². The third-order valence-corrected chi connectivity index (χ3v) is 8.56. The quantitative estimate of drug-likeness (QED) is 0.0246. The minimum Gasteiger partial charge on any atom is -1.00 e. The zero-order valence-electron chi connectivity index (χ0n) is 34.8. The number of aliphatic hydroxyl groups is 1. The molecule has 0 aliphatic heterocycles. The van der Waals surface area contributed by atoms with Crippen molar-refractivity contribution in [1.29, 1.82) is 0 Å². The van der Waals surface area contributed by atoms with Gasteiger partial charge in [-0.25, -0.2) is 8.42 Å². The summed E-state index contributed by atoms with van der Waals surface area (Å²) < 4.78 is 33.7. The Labute approximate surface area is 397 Å². The molecule has 61 heavy (non-hydrogen) atoms. The van der Waals surface area contributed by atoms with Gasteiger partial charge in [0.1, 0.15) is 13.1 Å². The van der Waals surface area contributed by atoms with Crippen molar-refractivity contribution in [2.45, 2.75) is 58.0 Å². The molecule has 4 rings (SSSR count). The summed E-state index contributed by atoms with van der Waals surface area (Å²) in [5.74, 6) is -2.54. The second-order valence-corrected chi connectivity index (χ2v) is 14.6. The summed E-state index contributed by atoms with van der Waals surface area (Å²) in [4.78, 5) is 72.3. The van der Waals surface area contributed by atoms with E-state index in [-0.39, 0.29) is 112 Å². The molecule has 0 aliphatic carbocycles. The first-order valence-corrected chi connectivity index (χ1v) is 20.5. The Bertz CT molecular complexity index is 2200. The number of aryl methyl sites for hydroxylation is 2. The molecule has 23 nitrogen and oxygen atoms in total. The van der Waals surface area contributed by atoms with Gasteiger partial charge in [0.25, 0.3) is 5.16 Å². The summed E-state index contributed by atoms with van der Waals surface area (Å²) in [7, 11) is -3.92. The first-order chi connectivity index (χ1) is 27.8. The minimum absolute atomic E-state index is 0. The van der Waals surface area contributed by atoms with Gasteiger partial charge in [0.05, 0.1) is 23.1 Å². The van der Waals surface area contributed by atoms with Crippen LogP contribution in [0.2, 0.25) is 0 Å². The number of nitrogen functional groups attached to an aromatic ring is 2. The Morgan fingerprint density at radius 2 is 1.18 bits per heavy atom. The molecule has 0 radical (unpaired) electrons. The van der Waals surface area contributed by atoms with E-state index in [1.807, 2.05) is 19.1 Å². The van der Waals surface area contributed by atoms with E-state index in [0.717, 1.165) is 23.2 Å².